The number of carbonyl (C=O) groups is 1. The van der Waals surface area contributed by atoms with Crippen molar-refractivity contribution in [1.29, 1.82) is 0 Å². The summed E-state index contributed by atoms with van der Waals surface area (Å²) in [5.74, 6) is -1.62. The van der Waals surface area contributed by atoms with Crippen molar-refractivity contribution in [2.45, 2.75) is 58.5 Å². The number of rotatable bonds is 7. The van der Waals surface area contributed by atoms with E-state index >= 15 is 0 Å². The Hall–Kier alpha value is -0.620. The summed E-state index contributed by atoms with van der Waals surface area (Å²) in [5.41, 5.74) is -0.665. The van der Waals surface area contributed by atoms with Crippen molar-refractivity contribution < 1.29 is 28.3 Å². The quantitative estimate of drug-likeness (QED) is 0.699. The lowest BCUT2D eigenvalue weighted by atomic mass is 10.00. The Morgan fingerprint density at radius 2 is 1.76 bits per heavy atom. The van der Waals surface area contributed by atoms with E-state index in [2.05, 4.69) is 5.32 Å². The molecule has 0 aromatic heterocycles. The number of carbonyl (C=O) groups excluding carboxylic acids is 1. The van der Waals surface area contributed by atoms with Crippen LogP contribution in [0, 0.1) is 5.92 Å². The van der Waals surface area contributed by atoms with Gasteiger partial charge in [0.1, 0.15) is 5.60 Å². The third-order valence-corrected chi connectivity index (χ3v) is 5.08. The van der Waals surface area contributed by atoms with Gasteiger partial charge in [0, 0.05) is 14.2 Å². The van der Waals surface area contributed by atoms with Gasteiger partial charge in [0.25, 0.3) is 0 Å². The van der Waals surface area contributed by atoms with E-state index in [0.717, 1.165) is 0 Å². The Kier molecular flexibility index (Phi) is 7.89. The Morgan fingerprint density at radius 1 is 1.29 bits per heavy atom. The third kappa shape index (κ3) is 6.34. The van der Waals surface area contributed by atoms with Crippen LogP contribution in [-0.4, -0.2) is 42.9 Å². The first-order valence-corrected chi connectivity index (χ1v) is 8.50. The van der Waals surface area contributed by atoms with Gasteiger partial charge >= 0.3 is 13.7 Å². The summed E-state index contributed by atoms with van der Waals surface area (Å²) in [4.78, 5) is 11.9. The van der Waals surface area contributed by atoms with Gasteiger partial charge in [-0.3, -0.25) is 4.57 Å². The second kappa shape index (κ2) is 8.13. The predicted molar refractivity (Wildman–Crippen MR) is 80.2 cm³/mol. The molecule has 0 rings (SSSR count). The highest BCUT2D eigenvalue weighted by atomic mass is 31.2. The van der Waals surface area contributed by atoms with E-state index in [-0.39, 0.29) is 5.92 Å². The van der Waals surface area contributed by atoms with Crippen LogP contribution >= 0.6 is 7.60 Å². The van der Waals surface area contributed by atoms with E-state index in [9.17, 15) is 14.5 Å². The van der Waals surface area contributed by atoms with Crippen LogP contribution in [0.4, 0.5) is 4.79 Å². The number of aliphatic hydroxyl groups is 1. The highest BCUT2D eigenvalue weighted by Gasteiger charge is 2.42. The lowest BCUT2D eigenvalue weighted by Gasteiger charge is -2.32. The summed E-state index contributed by atoms with van der Waals surface area (Å²) in [6.07, 6.45) is -0.0316. The first-order valence-electron chi connectivity index (χ1n) is 6.89. The monoisotopic (exact) mass is 325 g/mol. The number of ether oxygens (including phenoxy) is 1. The molecular formula is C13H28NO6P. The fourth-order valence-electron chi connectivity index (χ4n) is 1.70. The molecule has 0 heterocycles. The molecule has 0 radical (unpaired) electrons. The molecule has 1 amide bonds. The SMILES string of the molecule is CC[C@H](C)[C@H](NC(=O)OC(C)(C)C)[C@@H](O)P(=O)(OC)OC. The number of hydrogen-bond donors (Lipinski definition) is 2. The van der Waals surface area contributed by atoms with Gasteiger partial charge in [-0.15, -0.1) is 0 Å². The molecule has 0 aromatic rings. The zero-order valence-electron chi connectivity index (χ0n) is 13.9. The first-order chi connectivity index (χ1) is 9.50. The summed E-state index contributed by atoms with van der Waals surface area (Å²) in [6.45, 7) is 8.91. The van der Waals surface area contributed by atoms with Crippen LogP contribution in [0.15, 0.2) is 0 Å². The van der Waals surface area contributed by atoms with Crippen LogP contribution in [0.2, 0.25) is 0 Å². The molecule has 7 nitrogen and oxygen atoms in total. The normalized spacial score (nSPS) is 17.0. The fraction of sp³-hybridized carbons (Fsp3) is 0.923. The van der Waals surface area contributed by atoms with Crippen LogP contribution < -0.4 is 5.32 Å². The number of amides is 1. The molecule has 0 aromatic carbocycles. The summed E-state index contributed by atoms with van der Waals surface area (Å²) in [7, 11) is -1.34. The van der Waals surface area contributed by atoms with Gasteiger partial charge in [-0.05, 0) is 26.7 Å². The summed E-state index contributed by atoms with van der Waals surface area (Å²) < 4.78 is 27.0. The molecule has 3 atom stereocenters. The predicted octanol–water partition coefficient (Wildman–Crippen LogP) is 2.73. The average molecular weight is 325 g/mol. The van der Waals surface area contributed by atoms with Crippen molar-refractivity contribution in [2.24, 2.45) is 5.92 Å². The Morgan fingerprint density at radius 3 is 2.10 bits per heavy atom. The van der Waals surface area contributed by atoms with Gasteiger partial charge < -0.3 is 24.2 Å². The number of aliphatic hydroxyl groups excluding tert-OH is 1. The first kappa shape index (κ1) is 20.4. The van der Waals surface area contributed by atoms with Gasteiger partial charge in [0.05, 0.1) is 6.04 Å². The van der Waals surface area contributed by atoms with Crippen molar-refractivity contribution in [2.75, 3.05) is 14.2 Å². The summed E-state index contributed by atoms with van der Waals surface area (Å²) in [6, 6.07) is -0.810. The van der Waals surface area contributed by atoms with E-state index in [1.165, 1.54) is 14.2 Å². The summed E-state index contributed by atoms with van der Waals surface area (Å²) in [5, 5.41) is 12.8. The van der Waals surface area contributed by atoms with Crippen LogP contribution in [0.3, 0.4) is 0 Å². The zero-order chi connectivity index (χ0) is 16.8. The Labute approximate surface area is 126 Å². The molecule has 2 N–H and O–H groups in total. The number of hydrogen-bond acceptors (Lipinski definition) is 6. The fourth-order valence-corrected chi connectivity index (χ4v) is 3.04. The minimum atomic E-state index is -3.72. The van der Waals surface area contributed by atoms with E-state index in [0.29, 0.717) is 6.42 Å². The van der Waals surface area contributed by atoms with E-state index < -0.39 is 31.2 Å². The van der Waals surface area contributed by atoms with Crippen molar-refractivity contribution in [3.05, 3.63) is 0 Å². The van der Waals surface area contributed by atoms with Gasteiger partial charge in [0.15, 0.2) is 5.85 Å². The standard InChI is InChI=1S/C13H28NO6P/c1-8-9(2)10(11(15)21(17,18-6)19-7)14-12(16)20-13(3,4)5/h9-11,15H,8H2,1-7H3,(H,14,16)/t9-,10-,11-/m0/s1. The Bertz CT molecular complexity index is 373. The molecule has 126 valence electrons. The lowest BCUT2D eigenvalue weighted by molar-refractivity contribution is 0.0414. The number of alkyl carbamates (subject to hydrolysis) is 1. The molecule has 8 heteroatoms. The van der Waals surface area contributed by atoms with Crippen molar-refractivity contribution in [1.82, 2.24) is 5.32 Å². The van der Waals surface area contributed by atoms with Gasteiger partial charge in [-0.2, -0.15) is 0 Å². The molecule has 0 bridgehead atoms. The topological polar surface area (TPSA) is 94.1 Å². The van der Waals surface area contributed by atoms with Crippen molar-refractivity contribution in [3.8, 4) is 0 Å². The van der Waals surface area contributed by atoms with Gasteiger partial charge in [0.2, 0.25) is 0 Å². The van der Waals surface area contributed by atoms with Crippen LogP contribution in [-0.2, 0) is 18.3 Å². The largest absolute Gasteiger partial charge is 0.444 e. The van der Waals surface area contributed by atoms with Crippen molar-refractivity contribution >= 4 is 13.7 Å². The van der Waals surface area contributed by atoms with Crippen LogP contribution in [0.5, 0.6) is 0 Å². The molecule has 0 saturated carbocycles. The molecular weight excluding hydrogens is 297 g/mol. The number of nitrogens with one attached hydrogen (secondary N) is 1. The zero-order valence-corrected chi connectivity index (χ0v) is 14.8. The van der Waals surface area contributed by atoms with E-state index in [1.54, 1.807) is 20.8 Å². The van der Waals surface area contributed by atoms with Gasteiger partial charge in [-0.25, -0.2) is 4.79 Å². The smallest absolute Gasteiger partial charge is 0.407 e. The minimum Gasteiger partial charge on any atom is -0.444 e. The molecule has 0 spiro atoms. The molecule has 0 aliphatic heterocycles. The highest BCUT2D eigenvalue weighted by molar-refractivity contribution is 7.54. The molecule has 0 saturated heterocycles. The maximum Gasteiger partial charge on any atom is 0.407 e. The average Bonchev–Trinajstić information content (AvgIpc) is 2.40. The minimum absolute atomic E-state index is 0.147. The maximum absolute atomic E-state index is 12.3. The lowest BCUT2D eigenvalue weighted by Crippen LogP contribution is -2.49. The van der Waals surface area contributed by atoms with Gasteiger partial charge in [-0.1, -0.05) is 20.3 Å². The summed E-state index contributed by atoms with van der Waals surface area (Å²) >= 11 is 0. The second-order valence-electron chi connectivity index (χ2n) is 5.88. The third-order valence-electron chi connectivity index (χ3n) is 3.09. The molecule has 0 fully saturated rings. The van der Waals surface area contributed by atoms with E-state index in [4.69, 9.17) is 13.8 Å². The molecule has 21 heavy (non-hydrogen) atoms. The van der Waals surface area contributed by atoms with E-state index in [1.807, 2.05) is 13.8 Å². The van der Waals surface area contributed by atoms with Crippen LogP contribution in [0.1, 0.15) is 41.0 Å². The highest BCUT2D eigenvalue weighted by Crippen LogP contribution is 2.52. The van der Waals surface area contributed by atoms with Crippen molar-refractivity contribution in [3.63, 3.8) is 0 Å². The Balaban J connectivity index is 5.14. The molecule has 0 aliphatic rings. The van der Waals surface area contributed by atoms with Crippen LogP contribution in [0.25, 0.3) is 0 Å². The molecule has 0 aliphatic carbocycles. The second-order valence-corrected chi connectivity index (χ2v) is 8.22. The maximum atomic E-state index is 12.3. The molecule has 0 unspecified atom stereocenters.